The molecule has 5 heteroatoms. The highest BCUT2D eigenvalue weighted by Crippen LogP contribution is 2.29. The molecule has 0 saturated heterocycles. The normalized spacial score (nSPS) is 22.3. The molecule has 1 aliphatic carbocycles. The van der Waals surface area contributed by atoms with Gasteiger partial charge < -0.3 is 15.8 Å². The number of benzene rings is 1. The smallest absolute Gasteiger partial charge is 0.308 e. The van der Waals surface area contributed by atoms with Crippen LogP contribution < -0.4 is 11.1 Å². The maximum Gasteiger partial charge on any atom is 0.308 e. The van der Waals surface area contributed by atoms with E-state index in [-0.39, 0.29) is 23.7 Å². The number of carbonyl (C=O) groups excluding carboxylic acids is 1. The average molecular weight is 280 g/mol. The third kappa shape index (κ3) is 3.62. The molecular weight excluding hydrogens is 259 g/mol. The van der Waals surface area contributed by atoms with E-state index in [2.05, 4.69) is 5.32 Å². The summed E-state index contributed by atoms with van der Waals surface area (Å²) in [5.41, 5.74) is 6.95. The Morgan fingerprint density at radius 2 is 2.10 bits per heavy atom. The first kappa shape index (κ1) is 14.6. The summed E-state index contributed by atoms with van der Waals surface area (Å²) in [5.74, 6) is -0.412. The Labute approximate surface area is 118 Å². The lowest BCUT2D eigenvalue weighted by Crippen LogP contribution is -2.30. The van der Waals surface area contributed by atoms with Crippen molar-refractivity contribution in [2.75, 3.05) is 17.7 Å². The van der Waals surface area contributed by atoms with Gasteiger partial charge in [-0.15, -0.1) is 0 Å². The van der Waals surface area contributed by atoms with Gasteiger partial charge >= 0.3 is 5.97 Å². The van der Waals surface area contributed by atoms with Gasteiger partial charge in [0.1, 0.15) is 5.82 Å². The molecule has 2 rings (SSSR count). The summed E-state index contributed by atoms with van der Waals surface area (Å²) < 4.78 is 18.0. The van der Waals surface area contributed by atoms with Crippen LogP contribution >= 0.6 is 0 Å². The van der Waals surface area contributed by atoms with Crippen LogP contribution in [0.3, 0.4) is 0 Å². The van der Waals surface area contributed by atoms with Crippen molar-refractivity contribution in [3.63, 3.8) is 0 Å². The van der Waals surface area contributed by atoms with E-state index < -0.39 is 0 Å². The molecule has 1 saturated carbocycles. The summed E-state index contributed by atoms with van der Waals surface area (Å²) in [6.45, 7) is 2.26. The molecule has 1 fully saturated rings. The van der Waals surface area contributed by atoms with Crippen molar-refractivity contribution in [2.45, 2.75) is 38.6 Å². The summed E-state index contributed by atoms with van der Waals surface area (Å²) >= 11 is 0. The van der Waals surface area contributed by atoms with E-state index in [0.29, 0.717) is 12.3 Å². The Bertz CT molecular complexity index is 471. The van der Waals surface area contributed by atoms with Crippen LogP contribution in [0.5, 0.6) is 0 Å². The molecule has 1 aromatic rings. The highest BCUT2D eigenvalue weighted by molar-refractivity contribution is 5.72. The zero-order chi connectivity index (χ0) is 14.5. The zero-order valence-electron chi connectivity index (χ0n) is 11.7. The molecule has 0 radical (unpaired) electrons. The van der Waals surface area contributed by atoms with Crippen molar-refractivity contribution in [3.8, 4) is 0 Å². The molecule has 110 valence electrons. The molecule has 4 nitrogen and oxygen atoms in total. The second-order valence-corrected chi connectivity index (χ2v) is 5.18. The van der Waals surface area contributed by atoms with E-state index in [1.807, 2.05) is 6.92 Å². The van der Waals surface area contributed by atoms with Gasteiger partial charge in [0.25, 0.3) is 0 Å². The quantitative estimate of drug-likeness (QED) is 0.657. The van der Waals surface area contributed by atoms with Crippen LogP contribution in [-0.4, -0.2) is 18.6 Å². The summed E-state index contributed by atoms with van der Waals surface area (Å²) in [7, 11) is 0. The maximum atomic E-state index is 13.0. The highest BCUT2D eigenvalue weighted by atomic mass is 19.1. The van der Waals surface area contributed by atoms with Gasteiger partial charge in [-0.1, -0.05) is 0 Å². The molecular formula is C15H21FN2O2. The lowest BCUT2D eigenvalue weighted by Gasteiger charge is -2.28. The molecule has 0 aromatic heterocycles. The summed E-state index contributed by atoms with van der Waals surface area (Å²) in [5, 5.41) is 3.32. The molecule has 0 spiro atoms. The molecule has 3 N–H and O–H groups in total. The number of nitrogens with one attached hydrogen (secondary N) is 1. The van der Waals surface area contributed by atoms with Crippen LogP contribution in [0.1, 0.15) is 32.6 Å². The van der Waals surface area contributed by atoms with Gasteiger partial charge in [-0.05, 0) is 50.8 Å². The first-order valence-electron chi connectivity index (χ1n) is 7.08. The van der Waals surface area contributed by atoms with Crippen molar-refractivity contribution in [1.29, 1.82) is 0 Å². The van der Waals surface area contributed by atoms with Gasteiger partial charge in [-0.3, -0.25) is 4.79 Å². The minimum atomic E-state index is -0.334. The number of rotatable bonds is 4. The third-order valence-electron chi connectivity index (χ3n) is 3.72. The van der Waals surface area contributed by atoms with Crippen LogP contribution in [0.15, 0.2) is 18.2 Å². The number of carbonyl (C=O) groups is 1. The number of nitrogens with two attached hydrogens (primary N) is 1. The van der Waals surface area contributed by atoms with Gasteiger partial charge in [-0.25, -0.2) is 4.39 Å². The molecule has 0 aliphatic heterocycles. The van der Waals surface area contributed by atoms with E-state index >= 15 is 0 Å². The Morgan fingerprint density at radius 1 is 1.40 bits per heavy atom. The van der Waals surface area contributed by atoms with E-state index in [1.165, 1.54) is 12.1 Å². The molecule has 20 heavy (non-hydrogen) atoms. The molecule has 0 amide bonds. The van der Waals surface area contributed by atoms with E-state index in [4.69, 9.17) is 10.5 Å². The van der Waals surface area contributed by atoms with Gasteiger partial charge in [0.15, 0.2) is 0 Å². The predicted octanol–water partition coefficient (Wildman–Crippen LogP) is 2.94. The van der Waals surface area contributed by atoms with Gasteiger partial charge in [0.2, 0.25) is 0 Å². The SMILES string of the molecule is CCOC(=O)C1CCC(Nc2ccc(F)cc2N)CC1. The Morgan fingerprint density at radius 3 is 2.70 bits per heavy atom. The van der Waals surface area contributed by atoms with Crippen molar-refractivity contribution < 1.29 is 13.9 Å². The highest BCUT2D eigenvalue weighted by Gasteiger charge is 2.27. The second-order valence-electron chi connectivity index (χ2n) is 5.18. The number of hydrogen-bond donors (Lipinski definition) is 2. The van der Waals surface area contributed by atoms with E-state index in [1.54, 1.807) is 6.07 Å². The van der Waals surface area contributed by atoms with Crippen molar-refractivity contribution >= 4 is 17.3 Å². The van der Waals surface area contributed by atoms with Crippen molar-refractivity contribution in [1.82, 2.24) is 0 Å². The van der Waals surface area contributed by atoms with Crippen LogP contribution in [0.4, 0.5) is 15.8 Å². The Hall–Kier alpha value is -1.78. The molecule has 0 atom stereocenters. The number of anilines is 2. The fourth-order valence-corrected chi connectivity index (χ4v) is 2.62. The molecule has 0 heterocycles. The molecule has 1 aliphatic rings. The van der Waals surface area contributed by atoms with Crippen LogP contribution in [0.2, 0.25) is 0 Å². The Kier molecular flexibility index (Phi) is 4.82. The largest absolute Gasteiger partial charge is 0.466 e. The minimum Gasteiger partial charge on any atom is -0.466 e. The van der Waals surface area contributed by atoms with Gasteiger partial charge in [0, 0.05) is 6.04 Å². The van der Waals surface area contributed by atoms with Gasteiger partial charge in [-0.2, -0.15) is 0 Å². The number of hydrogen-bond acceptors (Lipinski definition) is 4. The molecule has 1 aromatic carbocycles. The van der Waals surface area contributed by atoms with Gasteiger partial charge in [0.05, 0.1) is 23.9 Å². The third-order valence-corrected chi connectivity index (χ3v) is 3.72. The second kappa shape index (κ2) is 6.59. The summed E-state index contributed by atoms with van der Waals surface area (Å²) in [4.78, 5) is 11.7. The molecule has 0 bridgehead atoms. The van der Waals surface area contributed by atoms with Crippen LogP contribution in [-0.2, 0) is 9.53 Å². The number of nitrogen functional groups attached to an aromatic ring is 1. The molecule has 0 unspecified atom stereocenters. The average Bonchev–Trinajstić information content (AvgIpc) is 2.43. The minimum absolute atomic E-state index is 0.0126. The number of ether oxygens (including phenoxy) is 1. The lowest BCUT2D eigenvalue weighted by atomic mass is 9.86. The van der Waals surface area contributed by atoms with Crippen molar-refractivity contribution in [3.05, 3.63) is 24.0 Å². The van der Waals surface area contributed by atoms with Crippen LogP contribution in [0, 0.1) is 11.7 Å². The first-order valence-corrected chi connectivity index (χ1v) is 7.08. The number of halogens is 1. The topological polar surface area (TPSA) is 64.3 Å². The zero-order valence-corrected chi connectivity index (χ0v) is 11.7. The van der Waals surface area contributed by atoms with E-state index in [9.17, 15) is 9.18 Å². The fourth-order valence-electron chi connectivity index (χ4n) is 2.62. The summed E-state index contributed by atoms with van der Waals surface area (Å²) in [6, 6.07) is 4.63. The maximum absolute atomic E-state index is 13.0. The number of esters is 1. The van der Waals surface area contributed by atoms with E-state index in [0.717, 1.165) is 31.4 Å². The summed E-state index contributed by atoms with van der Waals surface area (Å²) in [6.07, 6.45) is 3.41. The fraction of sp³-hybridized carbons (Fsp3) is 0.533. The standard InChI is InChI=1S/C15H21FN2O2/c1-2-20-15(19)10-3-6-12(7-4-10)18-14-8-5-11(16)9-13(14)17/h5,8-10,12,18H,2-4,6-7,17H2,1H3. The Balaban J connectivity index is 1.86. The monoisotopic (exact) mass is 280 g/mol. The predicted molar refractivity (Wildman–Crippen MR) is 76.8 cm³/mol. The van der Waals surface area contributed by atoms with Crippen LogP contribution in [0.25, 0.3) is 0 Å². The van der Waals surface area contributed by atoms with Crippen molar-refractivity contribution in [2.24, 2.45) is 5.92 Å². The lowest BCUT2D eigenvalue weighted by molar-refractivity contribution is -0.149. The first-order chi connectivity index (χ1) is 9.60.